The van der Waals surface area contributed by atoms with Gasteiger partial charge in [0.1, 0.15) is 0 Å². The third-order valence-electron chi connectivity index (χ3n) is 3.88. The molecule has 0 atom stereocenters. The van der Waals surface area contributed by atoms with Gasteiger partial charge >= 0.3 is 5.97 Å². The molecule has 0 fully saturated rings. The second kappa shape index (κ2) is 6.67. The number of fused-ring (bicyclic) bond motifs is 1. The summed E-state index contributed by atoms with van der Waals surface area (Å²) in [6.07, 6.45) is 0. The number of aromatic nitrogens is 2. The molecule has 3 aromatic rings. The number of benzene rings is 2. The fourth-order valence-electron chi connectivity index (χ4n) is 2.59. The van der Waals surface area contributed by atoms with Crippen LogP contribution in [0.3, 0.4) is 0 Å². The number of rotatable bonds is 4. The SMILES string of the molecule is COC(=O)c1ccc(-c2nnc(SC3=CS(=O)(=O)c4ccccc43)o2)cc1. The zero-order valence-electron chi connectivity index (χ0n) is 13.9. The number of hydrogen-bond acceptors (Lipinski definition) is 8. The molecule has 2 aromatic carbocycles. The average molecular weight is 400 g/mol. The maximum absolute atomic E-state index is 12.2. The number of ether oxygens (including phenoxy) is 1. The minimum absolute atomic E-state index is 0.222. The van der Waals surface area contributed by atoms with Crippen molar-refractivity contribution in [2.75, 3.05) is 7.11 Å². The highest BCUT2D eigenvalue weighted by atomic mass is 32.2. The Labute approximate surface area is 159 Å². The van der Waals surface area contributed by atoms with Gasteiger partial charge < -0.3 is 9.15 Å². The Balaban J connectivity index is 1.58. The smallest absolute Gasteiger partial charge is 0.337 e. The number of sulfone groups is 1. The molecule has 0 aliphatic carbocycles. The van der Waals surface area contributed by atoms with Crippen molar-refractivity contribution in [2.24, 2.45) is 0 Å². The number of nitrogens with zero attached hydrogens (tertiary/aromatic N) is 2. The summed E-state index contributed by atoms with van der Waals surface area (Å²) in [5.41, 5.74) is 1.66. The topological polar surface area (TPSA) is 99.4 Å². The van der Waals surface area contributed by atoms with Crippen LogP contribution in [0.1, 0.15) is 15.9 Å². The first-order valence-corrected chi connectivity index (χ1v) is 10.1. The third kappa shape index (κ3) is 3.26. The van der Waals surface area contributed by atoms with Crippen LogP contribution >= 0.6 is 11.8 Å². The maximum atomic E-state index is 12.2. The molecule has 1 aliphatic heterocycles. The van der Waals surface area contributed by atoms with Gasteiger partial charge in [0.2, 0.25) is 15.7 Å². The van der Waals surface area contributed by atoms with E-state index < -0.39 is 15.8 Å². The van der Waals surface area contributed by atoms with Crippen LogP contribution in [0.15, 0.2) is 68.5 Å². The van der Waals surface area contributed by atoms with Crippen molar-refractivity contribution in [1.82, 2.24) is 10.2 Å². The number of carbonyl (C=O) groups is 1. The molecule has 0 amide bonds. The van der Waals surface area contributed by atoms with Gasteiger partial charge in [-0.05, 0) is 42.1 Å². The van der Waals surface area contributed by atoms with Gasteiger partial charge in [0.05, 0.1) is 23.0 Å². The van der Waals surface area contributed by atoms with Crippen molar-refractivity contribution in [2.45, 2.75) is 10.1 Å². The molecular formula is C18H12N2O5S2. The van der Waals surface area contributed by atoms with Gasteiger partial charge in [0.15, 0.2) is 0 Å². The van der Waals surface area contributed by atoms with Gasteiger partial charge in [-0.15, -0.1) is 10.2 Å². The lowest BCUT2D eigenvalue weighted by atomic mass is 10.1. The zero-order valence-corrected chi connectivity index (χ0v) is 15.6. The summed E-state index contributed by atoms with van der Waals surface area (Å²) in [5.74, 6) is -0.167. The van der Waals surface area contributed by atoms with Crippen molar-refractivity contribution in [3.05, 3.63) is 65.1 Å². The standard InChI is InChI=1S/C18H12N2O5S2/c1-24-17(21)12-8-6-11(7-9-12)16-19-20-18(25-16)26-14-10-27(22,23)15-5-3-2-4-13(14)15/h2-10H,1H3. The second-order valence-corrected chi connectivity index (χ2v) is 8.33. The summed E-state index contributed by atoms with van der Waals surface area (Å²) in [6, 6.07) is 13.3. The van der Waals surface area contributed by atoms with Gasteiger partial charge in [0, 0.05) is 16.0 Å². The van der Waals surface area contributed by atoms with E-state index in [1.807, 2.05) is 0 Å². The number of hydrogen-bond donors (Lipinski definition) is 0. The highest BCUT2D eigenvalue weighted by Crippen LogP contribution is 2.43. The van der Waals surface area contributed by atoms with Crippen LogP contribution < -0.4 is 0 Å². The first kappa shape index (κ1) is 17.5. The molecule has 2 heterocycles. The van der Waals surface area contributed by atoms with Gasteiger partial charge in [-0.1, -0.05) is 18.2 Å². The molecule has 136 valence electrons. The van der Waals surface area contributed by atoms with E-state index in [0.29, 0.717) is 21.6 Å². The number of esters is 1. The molecule has 0 radical (unpaired) electrons. The van der Waals surface area contributed by atoms with Crippen LogP contribution in [0.5, 0.6) is 0 Å². The molecule has 9 heteroatoms. The Hall–Kier alpha value is -2.91. The normalized spacial score (nSPS) is 14.5. The third-order valence-corrected chi connectivity index (χ3v) is 6.44. The molecule has 0 bridgehead atoms. The summed E-state index contributed by atoms with van der Waals surface area (Å²) in [5, 5.41) is 9.38. The summed E-state index contributed by atoms with van der Waals surface area (Å²) >= 11 is 1.09. The van der Waals surface area contributed by atoms with Crippen molar-refractivity contribution in [3.63, 3.8) is 0 Å². The monoisotopic (exact) mass is 400 g/mol. The predicted octanol–water partition coefficient (Wildman–Crippen LogP) is 3.40. The minimum Gasteiger partial charge on any atom is -0.465 e. The van der Waals surface area contributed by atoms with E-state index in [1.54, 1.807) is 48.5 Å². The fraction of sp³-hybridized carbons (Fsp3) is 0.0556. The van der Waals surface area contributed by atoms with E-state index in [-0.39, 0.29) is 16.0 Å². The lowest BCUT2D eigenvalue weighted by Crippen LogP contribution is -2.00. The molecule has 0 saturated heterocycles. The molecule has 4 rings (SSSR count). The van der Waals surface area contributed by atoms with Crippen LogP contribution in [-0.2, 0) is 14.6 Å². The molecular weight excluding hydrogens is 388 g/mol. The highest BCUT2D eigenvalue weighted by molar-refractivity contribution is 8.09. The van der Waals surface area contributed by atoms with Crippen LogP contribution in [-0.4, -0.2) is 31.7 Å². The van der Waals surface area contributed by atoms with Crippen molar-refractivity contribution in [3.8, 4) is 11.5 Å². The Bertz CT molecular complexity index is 1160. The number of methoxy groups -OCH3 is 1. The van der Waals surface area contributed by atoms with Gasteiger partial charge in [-0.3, -0.25) is 0 Å². The largest absolute Gasteiger partial charge is 0.465 e. The Morgan fingerprint density at radius 2 is 1.81 bits per heavy atom. The molecule has 1 aliphatic rings. The van der Waals surface area contributed by atoms with E-state index in [2.05, 4.69) is 14.9 Å². The summed E-state index contributed by atoms with van der Waals surface area (Å²) < 4.78 is 34.7. The van der Waals surface area contributed by atoms with Gasteiger partial charge in [0.25, 0.3) is 5.22 Å². The predicted molar refractivity (Wildman–Crippen MR) is 98.5 cm³/mol. The molecule has 7 nitrogen and oxygen atoms in total. The Morgan fingerprint density at radius 3 is 2.56 bits per heavy atom. The first-order chi connectivity index (χ1) is 13.0. The molecule has 0 unspecified atom stereocenters. The van der Waals surface area contributed by atoms with E-state index >= 15 is 0 Å². The lowest BCUT2D eigenvalue weighted by Gasteiger charge is -2.00. The summed E-state index contributed by atoms with van der Waals surface area (Å²) in [7, 11) is -2.14. The average Bonchev–Trinajstić information content (AvgIpc) is 3.24. The molecule has 0 N–H and O–H groups in total. The summed E-state index contributed by atoms with van der Waals surface area (Å²) in [4.78, 5) is 12.3. The molecule has 0 saturated carbocycles. The minimum atomic E-state index is -3.45. The maximum Gasteiger partial charge on any atom is 0.337 e. The van der Waals surface area contributed by atoms with Crippen LogP contribution in [0.2, 0.25) is 0 Å². The van der Waals surface area contributed by atoms with E-state index in [1.165, 1.54) is 12.5 Å². The van der Waals surface area contributed by atoms with Crippen LogP contribution in [0, 0.1) is 0 Å². The van der Waals surface area contributed by atoms with E-state index in [0.717, 1.165) is 11.8 Å². The molecule has 0 spiro atoms. The number of thioether (sulfide) groups is 1. The van der Waals surface area contributed by atoms with Gasteiger partial charge in [-0.25, -0.2) is 13.2 Å². The quantitative estimate of drug-likeness (QED) is 0.615. The van der Waals surface area contributed by atoms with Crippen molar-refractivity contribution < 1.29 is 22.4 Å². The number of carbonyl (C=O) groups excluding carboxylic acids is 1. The van der Waals surface area contributed by atoms with Gasteiger partial charge in [-0.2, -0.15) is 0 Å². The molecule has 27 heavy (non-hydrogen) atoms. The van der Waals surface area contributed by atoms with Crippen molar-refractivity contribution >= 4 is 32.5 Å². The second-order valence-electron chi connectivity index (χ2n) is 5.57. The zero-order chi connectivity index (χ0) is 19.0. The van der Waals surface area contributed by atoms with E-state index in [4.69, 9.17) is 4.42 Å². The Morgan fingerprint density at radius 1 is 1.07 bits per heavy atom. The highest BCUT2D eigenvalue weighted by Gasteiger charge is 2.28. The lowest BCUT2D eigenvalue weighted by molar-refractivity contribution is 0.0600. The summed E-state index contributed by atoms with van der Waals surface area (Å²) in [6.45, 7) is 0. The Kier molecular flexibility index (Phi) is 4.33. The van der Waals surface area contributed by atoms with E-state index in [9.17, 15) is 13.2 Å². The van der Waals surface area contributed by atoms with Crippen molar-refractivity contribution in [1.29, 1.82) is 0 Å². The molecule has 1 aromatic heterocycles. The fourth-order valence-corrected chi connectivity index (χ4v) is 5.20. The van der Waals surface area contributed by atoms with Crippen LogP contribution in [0.25, 0.3) is 16.4 Å². The first-order valence-electron chi connectivity index (χ1n) is 7.74. The van der Waals surface area contributed by atoms with Crippen LogP contribution in [0.4, 0.5) is 0 Å².